The van der Waals surface area contributed by atoms with Gasteiger partial charge in [-0.1, -0.05) is 46.5 Å². The summed E-state index contributed by atoms with van der Waals surface area (Å²) in [5.41, 5.74) is 0. The van der Waals surface area contributed by atoms with Crippen molar-refractivity contribution in [1.29, 1.82) is 0 Å². The molecule has 0 bridgehead atoms. The van der Waals surface area contributed by atoms with Crippen molar-refractivity contribution in [2.75, 3.05) is 6.54 Å². The third-order valence-electron chi connectivity index (χ3n) is 4.96. The number of nitrogens with one attached hydrogen (secondary N) is 1. The number of hydrogen-bond donors (Lipinski definition) is 1. The molecule has 0 amide bonds. The number of halogens is 3. The Hall–Kier alpha value is -0.250. The fraction of sp³-hybridized carbons (Fsp3) is 1.00. The lowest BCUT2D eigenvalue weighted by molar-refractivity contribution is -0.199. The van der Waals surface area contributed by atoms with Crippen LogP contribution in [-0.2, 0) is 0 Å². The van der Waals surface area contributed by atoms with Crippen LogP contribution in [0, 0.1) is 17.8 Å². The average Bonchev–Trinajstić information content (AvgIpc) is 2.42. The molecule has 3 atom stereocenters. The van der Waals surface area contributed by atoms with E-state index in [1.54, 1.807) is 0 Å². The molecular weight excluding hydrogens is 263 g/mol. The molecule has 20 heavy (non-hydrogen) atoms. The molecule has 0 saturated heterocycles. The van der Waals surface area contributed by atoms with Crippen molar-refractivity contribution in [2.24, 2.45) is 17.8 Å². The van der Waals surface area contributed by atoms with Gasteiger partial charge in [-0.25, -0.2) is 0 Å². The van der Waals surface area contributed by atoms with Crippen LogP contribution in [0.5, 0.6) is 0 Å². The first-order chi connectivity index (χ1) is 9.43. The minimum Gasteiger partial charge on any atom is -0.314 e. The van der Waals surface area contributed by atoms with Crippen LogP contribution in [-0.4, -0.2) is 18.8 Å². The first kappa shape index (κ1) is 17.8. The Morgan fingerprint density at radius 3 is 2.15 bits per heavy atom. The molecule has 0 aromatic rings. The topological polar surface area (TPSA) is 12.0 Å². The minimum atomic E-state index is -4.04. The molecule has 0 spiro atoms. The van der Waals surface area contributed by atoms with Crippen LogP contribution in [0.25, 0.3) is 0 Å². The van der Waals surface area contributed by atoms with Gasteiger partial charge in [0.15, 0.2) is 0 Å². The number of alkyl halides is 3. The van der Waals surface area contributed by atoms with Crippen LogP contribution in [0.2, 0.25) is 0 Å². The van der Waals surface area contributed by atoms with E-state index in [0.29, 0.717) is 12.3 Å². The molecule has 1 rings (SSSR count). The van der Waals surface area contributed by atoms with Gasteiger partial charge in [0, 0.05) is 6.04 Å². The molecule has 120 valence electrons. The molecule has 1 N–H and O–H groups in total. The molecular formula is C16H30F3N. The van der Waals surface area contributed by atoms with E-state index in [0.717, 1.165) is 45.1 Å². The summed E-state index contributed by atoms with van der Waals surface area (Å²) in [5, 5.41) is 3.35. The third kappa shape index (κ3) is 4.94. The van der Waals surface area contributed by atoms with Crippen molar-refractivity contribution >= 4 is 0 Å². The van der Waals surface area contributed by atoms with E-state index >= 15 is 0 Å². The summed E-state index contributed by atoms with van der Waals surface area (Å²) in [5.74, 6) is -0.797. The highest BCUT2D eigenvalue weighted by Gasteiger charge is 2.47. The first-order valence-corrected chi connectivity index (χ1v) is 8.24. The summed E-state index contributed by atoms with van der Waals surface area (Å²) in [6.45, 7) is 7.02. The first-order valence-electron chi connectivity index (χ1n) is 8.24. The van der Waals surface area contributed by atoms with Crippen molar-refractivity contribution in [3.8, 4) is 0 Å². The van der Waals surface area contributed by atoms with Crippen LogP contribution in [0.1, 0.15) is 65.7 Å². The quantitative estimate of drug-likeness (QED) is 0.683. The second-order valence-electron chi connectivity index (χ2n) is 6.18. The second-order valence-corrected chi connectivity index (χ2v) is 6.18. The molecule has 1 saturated carbocycles. The van der Waals surface area contributed by atoms with Gasteiger partial charge in [-0.05, 0) is 37.6 Å². The molecule has 3 unspecified atom stereocenters. The highest BCUT2D eigenvalue weighted by atomic mass is 19.4. The predicted octanol–water partition coefficient (Wildman–Crippen LogP) is 5.16. The molecule has 1 aliphatic carbocycles. The monoisotopic (exact) mass is 293 g/mol. The fourth-order valence-corrected chi connectivity index (χ4v) is 3.70. The van der Waals surface area contributed by atoms with E-state index in [1.807, 2.05) is 6.92 Å². The Morgan fingerprint density at radius 2 is 1.65 bits per heavy atom. The summed E-state index contributed by atoms with van der Waals surface area (Å²) in [6, 6.07) is 0.0248. The van der Waals surface area contributed by atoms with Crippen molar-refractivity contribution in [1.82, 2.24) is 5.32 Å². The van der Waals surface area contributed by atoms with Crippen LogP contribution in [0.3, 0.4) is 0 Å². The van der Waals surface area contributed by atoms with Gasteiger partial charge in [-0.2, -0.15) is 13.2 Å². The molecule has 1 aliphatic rings. The molecule has 0 heterocycles. The van der Waals surface area contributed by atoms with Crippen LogP contribution < -0.4 is 5.32 Å². The third-order valence-corrected chi connectivity index (χ3v) is 4.96. The Bertz CT molecular complexity index is 261. The molecule has 4 heteroatoms. The van der Waals surface area contributed by atoms with Crippen molar-refractivity contribution in [2.45, 2.75) is 77.9 Å². The van der Waals surface area contributed by atoms with E-state index < -0.39 is 12.1 Å². The smallest absolute Gasteiger partial charge is 0.314 e. The normalized spacial score (nSPS) is 25.9. The highest BCUT2D eigenvalue weighted by Crippen LogP contribution is 2.44. The highest BCUT2D eigenvalue weighted by molar-refractivity contribution is 4.89. The number of hydrogen-bond acceptors (Lipinski definition) is 1. The average molecular weight is 293 g/mol. The van der Waals surface area contributed by atoms with Crippen molar-refractivity contribution < 1.29 is 13.2 Å². The molecule has 0 aromatic heterocycles. The van der Waals surface area contributed by atoms with E-state index in [1.165, 1.54) is 0 Å². The minimum absolute atomic E-state index is 0.0248. The Morgan fingerprint density at radius 1 is 1.05 bits per heavy atom. The van der Waals surface area contributed by atoms with E-state index in [-0.39, 0.29) is 12.0 Å². The zero-order valence-electron chi connectivity index (χ0n) is 13.1. The van der Waals surface area contributed by atoms with Crippen molar-refractivity contribution in [3.05, 3.63) is 0 Å². The van der Waals surface area contributed by atoms with E-state index in [2.05, 4.69) is 19.2 Å². The molecule has 1 fully saturated rings. The molecule has 0 aliphatic heterocycles. The van der Waals surface area contributed by atoms with Gasteiger partial charge in [0.05, 0.1) is 5.92 Å². The summed E-state index contributed by atoms with van der Waals surface area (Å²) >= 11 is 0. The second kappa shape index (κ2) is 8.26. The lowest BCUT2D eigenvalue weighted by Gasteiger charge is -2.39. The lowest BCUT2D eigenvalue weighted by Crippen LogP contribution is -2.46. The maximum Gasteiger partial charge on any atom is 0.392 e. The Balaban J connectivity index is 2.80. The SMILES string of the molecule is CCNC(CC(CC)CC)C1CCCCC1C(F)(F)F. The Labute approximate surface area is 121 Å². The van der Waals surface area contributed by atoms with Crippen molar-refractivity contribution in [3.63, 3.8) is 0 Å². The zero-order chi connectivity index (χ0) is 15.2. The predicted molar refractivity (Wildman–Crippen MR) is 77.7 cm³/mol. The fourth-order valence-electron chi connectivity index (χ4n) is 3.70. The van der Waals surface area contributed by atoms with Crippen LogP contribution >= 0.6 is 0 Å². The lowest BCUT2D eigenvalue weighted by atomic mass is 9.72. The maximum absolute atomic E-state index is 13.3. The summed E-state index contributed by atoms with van der Waals surface area (Å²) in [6.07, 6.45) is 1.68. The Kier molecular flexibility index (Phi) is 7.35. The van der Waals surface area contributed by atoms with Gasteiger partial charge in [0.2, 0.25) is 0 Å². The standard InChI is InChI=1S/C16H30F3N/c1-4-12(5-2)11-15(20-6-3)13-9-7-8-10-14(13)16(17,18)19/h12-15,20H,4-11H2,1-3H3. The van der Waals surface area contributed by atoms with Gasteiger partial charge in [0.25, 0.3) is 0 Å². The van der Waals surface area contributed by atoms with Gasteiger partial charge in [0.1, 0.15) is 0 Å². The summed E-state index contributed by atoms with van der Waals surface area (Å²) < 4.78 is 39.8. The largest absolute Gasteiger partial charge is 0.392 e. The van der Waals surface area contributed by atoms with Gasteiger partial charge < -0.3 is 5.32 Å². The molecule has 0 radical (unpaired) electrons. The van der Waals surface area contributed by atoms with E-state index in [9.17, 15) is 13.2 Å². The zero-order valence-corrected chi connectivity index (χ0v) is 13.1. The summed E-state index contributed by atoms with van der Waals surface area (Å²) in [4.78, 5) is 0. The van der Waals surface area contributed by atoms with Crippen LogP contribution in [0.4, 0.5) is 13.2 Å². The maximum atomic E-state index is 13.3. The summed E-state index contributed by atoms with van der Waals surface area (Å²) in [7, 11) is 0. The van der Waals surface area contributed by atoms with Gasteiger partial charge >= 0.3 is 6.18 Å². The van der Waals surface area contributed by atoms with Crippen LogP contribution in [0.15, 0.2) is 0 Å². The van der Waals surface area contributed by atoms with Gasteiger partial charge in [-0.15, -0.1) is 0 Å². The number of rotatable bonds is 7. The van der Waals surface area contributed by atoms with Gasteiger partial charge in [-0.3, -0.25) is 0 Å². The molecule has 0 aromatic carbocycles. The molecule has 1 nitrogen and oxygen atoms in total. The van der Waals surface area contributed by atoms with E-state index in [4.69, 9.17) is 0 Å².